The molecule has 9 heavy (non-hydrogen) atoms. The molecule has 1 rings (SSSR count). The van der Waals surface area contributed by atoms with Crippen LogP contribution in [0.25, 0.3) is 0 Å². The minimum Gasteiger partial charge on any atom is -0.317 e. The molecule has 0 bridgehead atoms. The Balaban J connectivity index is 2.38. The van der Waals surface area contributed by atoms with E-state index in [1.807, 2.05) is 14.1 Å². The molecule has 0 spiro atoms. The molecule has 0 saturated heterocycles. The zero-order valence-electron chi connectivity index (χ0n) is 6.15. The summed E-state index contributed by atoms with van der Waals surface area (Å²) in [5, 5.41) is 3.25. The van der Waals surface area contributed by atoms with E-state index in [0.29, 0.717) is 6.04 Å². The fourth-order valence-electron chi connectivity index (χ4n) is 1.28. The third-order valence-electron chi connectivity index (χ3n) is 1.99. The van der Waals surface area contributed by atoms with Gasteiger partial charge in [-0.25, -0.2) is 0 Å². The van der Waals surface area contributed by atoms with Gasteiger partial charge in [-0.15, -0.1) is 0 Å². The maximum atomic E-state index is 4.16. The van der Waals surface area contributed by atoms with E-state index >= 15 is 0 Å². The monoisotopic (exact) mass is 126 g/mol. The average Bonchev–Trinajstić information content (AvgIpc) is 2.34. The highest BCUT2D eigenvalue weighted by atomic mass is 14.9. The first kappa shape index (κ1) is 6.75. The van der Waals surface area contributed by atoms with Crippen LogP contribution in [0.5, 0.6) is 0 Å². The Hall–Kier alpha value is -0.370. The van der Waals surface area contributed by atoms with Crippen molar-refractivity contribution >= 4 is 5.71 Å². The first-order valence-corrected chi connectivity index (χ1v) is 3.48. The molecule has 0 amide bonds. The molecule has 0 aromatic rings. The van der Waals surface area contributed by atoms with E-state index in [2.05, 4.69) is 10.3 Å². The van der Waals surface area contributed by atoms with Crippen LogP contribution < -0.4 is 5.32 Å². The molecule has 0 aromatic carbocycles. The Kier molecular flexibility index (Phi) is 2.22. The summed E-state index contributed by atoms with van der Waals surface area (Å²) in [6, 6.07) is 0.698. The normalized spacial score (nSPS) is 31.8. The van der Waals surface area contributed by atoms with Gasteiger partial charge in [-0.1, -0.05) is 0 Å². The van der Waals surface area contributed by atoms with Crippen LogP contribution in [0.1, 0.15) is 19.3 Å². The van der Waals surface area contributed by atoms with Gasteiger partial charge in [0.05, 0.1) is 0 Å². The molecule has 0 heterocycles. The number of aliphatic imine (C=N–C) groups is 1. The van der Waals surface area contributed by atoms with Crippen molar-refractivity contribution in [1.29, 1.82) is 0 Å². The van der Waals surface area contributed by atoms with Crippen LogP contribution in [0.2, 0.25) is 0 Å². The smallest absolute Gasteiger partial charge is 0.0276 e. The molecule has 1 atom stereocenters. The molecule has 0 aliphatic heterocycles. The van der Waals surface area contributed by atoms with Crippen molar-refractivity contribution in [1.82, 2.24) is 5.32 Å². The second-order valence-electron chi connectivity index (χ2n) is 2.52. The van der Waals surface area contributed by atoms with Crippen molar-refractivity contribution < 1.29 is 0 Å². The van der Waals surface area contributed by atoms with Gasteiger partial charge in [0, 0.05) is 25.2 Å². The van der Waals surface area contributed by atoms with E-state index < -0.39 is 0 Å². The molecular formula is C7H14N2. The first-order valence-electron chi connectivity index (χ1n) is 3.48. The molecule has 0 radical (unpaired) electrons. The lowest BCUT2D eigenvalue weighted by Crippen LogP contribution is -2.21. The molecule has 52 valence electrons. The fraction of sp³-hybridized carbons (Fsp3) is 0.857. The Bertz CT molecular complexity index is 118. The van der Waals surface area contributed by atoms with Crippen LogP contribution in [0.15, 0.2) is 4.99 Å². The minimum atomic E-state index is 0.698. The highest BCUT2D eigenvalue weighted by Gasteiger charge is 2.17. The van der Waals surface area contributed by atoms with E-state index in [4.69, 9.17) is 0 Å². The van der Waals surface area contributed by atoms with E-state index in [0.717, 1.165) is 6.42 Å². The van der Waals surface area contributed by atoms with Crippen LogP contribution in [0.4, 0.5) is 0 Å². The summed E-state index contributed by atoms with van der Waals surface area (Å²) in [6.07, 6.45) is 3.62. The van der Waals surface area contributed by atoms with Gasteiger partial charge < -0.3 is 5.32 Å². The van der Waals surface area contributed by atoms with Crippen molar-refractivity contribution in [2.24, 2.45) is 4.99 Å². The van der Waals surface area contributed by atoms with Gasteiger partial charge in [0.15, 0.2) is 0 Å². The van der Waals surface area contributed by atoms with E-state index in [-0.39, 0.29) is 0 Å². The van der Waals surface area contributed by atoms with Crippen molar-refractivity contribution in [2.45, 2.75) is 25.3 Å². The van der Waals surface area contributed by atoms with Gasteiger partial charge in [-0.3, -0.25) is 4.99 Å². The maximum Gasteiger partial charge on any atom is 0.0276 e. The third-order valence-corrected chi connectivity index (χ3v) is 1.99. The van der Waals surface area contributed by atoms with Crippen molar-refractivity contribution in [3.8, 4) is 0 Å². The van der Waals surface area contributed by atoms with Crippen LogP contribution in [-0.4, -0.2) is 25.8 Å². The lowest BCUT2D eigenvalue weighted by Gasteiger charge is -2.03. The molecule has 1 N–H and O–H groups in total. The largest absolute Gasteiger partial charge is 0.317 e. The first-order chi connectivity index (χ1) is 4.36. The Labute approximate surface area is 56.4 Å². The average molecular weight is 126 g/mol. The Morgan fingerprint density at radius 3 is 2.78 bits per heavy atom. The second kappa shape index (κ2) is 2.97. The van der Waals surface area contributed by atoms with Gasteiger partial charge in [0.2, 0.25) is 0 Å². The maximum absolute atomic E-state index is 4.16. The summed E-state index contributed by atoms with van der Waals surface area (Å²) in [5.41, 5.74) is 1.37. The van der Waals surface area contributed by atoms with Crippen molar-refractivity contribution in [3.05, 3.63) is 0 Å². The third kappa shape index (κ3) is 1.52. The number of nitrogens with zero attached hydrogens (tertiary/aromatic N) is 1. The van der Waals surface area contributed by atoms with Crippen LogP contribution in [-0.2, 0) is 0 Å². The predicted molar refractivity (Wildman–Crippen MR) is 40.1 cm³/mol. The van der Waals surface area contributed by atoms with Crippen LogP contribution in [0, 0.1) is 0 Å². The van der Waals surface area contributed by atoms with E-state index in [1.165, 1.54) is 18.6 Å². The molecule has 0 aromatic heterocycles. The fourth-order valence-corrected chi connectivity index (χ4v) is 1.28. The molecule has 2 nitrogen and oxygen atoms in total. The molecule has 2 heteroatoms. The summed E-state index contributed by atoms with van der Waals surface area (Å²) < 4.78 is 0. The van der Waals surface area contributed by atoms with E-state index in [1.54, 1.807) is 0 Å². The van der Waals surface area contributed by atoms with Gasteiger partial charge in [0.1, 0.15) is 0 Å². The Morgan fingerprint density at radius 1 is 1.67 bits per heavy atom. The lowest BCUT2D eigenvalue weighted by molar-refractivity contribution is 0.591. The summed E-state index contributed by atoms with van der Waals surface area (Å²) in [5.74, 6) is 0. The minimum absolute atomic E-state index is 0.698. The Morgan fingerprint density at radius 2 is 2.44 bits per heavy atom. The highest BCUT2D eigenvalue weighted by molar-refractivity contribution is 5.86. The van der Waals surface area contributed by atoms with E-state index in [9.17, 15) is 0 Å². The SMILES string of the molecule is CN=C1CC[C@H](NC)C1. The summed E-state index contributed by atoms with van der Waals surface area (Å²) >= 11 is 0. The predicted octanol–water partition coefficient (Wildman–Crippen LogP) is 0.829. The second-order valence-corrected chi connectivity index (χ2v) is 2.52. The number of rotatable bonds is 1. The zero-order valence-corrected chi connectivity index (χ0v) is 6.15. The molecule has 1 aliphatic rings. The topological polar surface area (TPSA) is 24.4 Å². The van der Waals surface area contributed by atoms with Crippen LogP contribution in [0.3, 0.4) is 0 Å². The van der Waals surface area contributed by atoms with Gasteiger partial charge in [-0.2, -0.15) is 0 Å². The lowest BCUT2D eigenvalue weighted by atomic mass is 10.3. The van der Waals surface area contributed by atoms with Gasteiger partial charge >= 0.3 is 0 Å². The number of hydrogen-bond donors (Lipinski definition) is 1. The number of hydrogen-bond acceptors (Lipinski definition) is 2. The standard InChI is InChI=1S/C7H14N2/c1-8-6-3-4-7(5-6)9-2/h6,8H,3-5H2,1-2H3/t6-/m0/s1. The zero-order chi connectivity index (χ0) is 6.69. The summed E-state index contributed by atoms with van der Waals surface area (Å²) in [6.45, 7) is 0. The molecule has 0 unspecified atom stereocenters. The summed E-state index contributed by atoms with van der Waals surface area (Å²) in [4.78, 5) is 4.16. The van der Waals surface area contributed by atoms with Crippen molar-refractivity contribution in [3.63, 3.8) is 0 Å². The molecule has 1 saturated carbocycles. The van der Waals surface area contributed by atoms with Gasteiger partial charge in [0.25, 0.3) is 0 Å². The molecule has 1 fully saturated rings. The number of nitrogens with one attached hydrogen (secondary N) is 1. The van der Waals surface area contributed by atoms with Crippen LogP contribution >= 0.6 is 0 Å². The van der Waals surface area contributed by atoms with Crippen molar-refractivity contribution in [2.75, 3.05) is 14.1 Å². The molecular weight excluding hydrogens is 112 g/mol. The summed E-state index contributed by atoms with van der Waals surface area (Å²) in [7, 11) is 3.90. The highest BCUT2D eigenvalue weighted by Crippen LogP contribution is 2.14. The van der Waals surface area contributed by atoms with Gasteiger partial charge in [-0.05, 0) is 19.9 Å². The quantitative estimate of drug-likeness (QED) is 0.553. The molecule has 1 aliphatic carbocycles.